The van der Waals surface area contributed by atoms with Crippen molar-refractivity contribution in [1.82, 2.24) is 4.90 Å². The van der Waals surface area contributed by atoms with Crippen LogP contribution in [-0.2, 0) is 6.54 Å². The van der Waals surface area contributed by atoms with E-state index >= 15 is 0 Å². The van der Waals surface area contributed by atoms with Gasteiger partial charge in [-0.1, -0.05) is 19.9 Å². The average molecular weight is 264 g/mol. The monoisotopic (exact) mass is 264 g/mol. The molecule has 96 valence electrons. The molecule has 1 aromatic carbocycles. The largest absolute Gasteiger partial charge is 0.478 e. The van der Waals surface area contributed by atoms with Gasteiger partial charge in [-0.3, -0.25) is 0 Å². The predicted molar refractivity (Wildman–Crippen MR) is 74.9 cm³/mol. The van der Waals surface area contributed by atoms with Gasteiger partial charge in [0.05, 0.1) is 5.56 Å². The Bertz CT molecular complexity index is 500. The summed E-state index contributed by atoms with van der Waals surface area (Å²) in [7, 11) is 0. The molecular weight excluding hydrogens is 248 g/mol. The van der Waals surface area contributed by atoms with E-state index in [1.165, 1.54) is 0 Å². The number of nitrogens with zero attached hydrogens (tertiary/aromatic N) is 1. The third kappa shape index (κ3) is 2.61. The van der Waals surface area contributed by atoms with E-state index in [9.17, 15) is 4.79 Å². The molecule has 18 heavy (non-hydrogen) atoms. The summed E-state index contributed by atoms with van der Waals surface area (Å²) in [5.41, 5.74) is 2.16. The Hall–Kier alpha value is -1.62. The van der Waals surface area contributed by atoms with E-state index < -0.39 is 5.97 Å². The fourth-order valence-electron chi connectivity index (χ4n) is 2.02. The van der Waals surface area contributed by atoms with Crippen LogP contribution in [0.5, 0.6) is 0 Å². The Morgan fingerprint density at radius 1 is 1.56 bits per heavy atom. The third-order valence-corrected chi connectivity index (χ3v) is 3.19. The molecular formula is C13H16N2O2S. The number of fused-ring (bicyclic) bond motifs is 1. The lowest BCUT2D eigenvalue weighted by Gasteiger charge is -2.33. The second-order valence-corrected chi connectivity index (χ2v) is 5.27. The summed E-state index contributed by atoms with van der Waals surface area (Å²) in [6.45, 7) is 5.92. The van der Waals surface area contributed by atoms with Crippen LogP contribution < -0.4 is 5.32 Å². The number of carboxylic acid groups (broad SMARTS) is 1. The van der Waals surface area contributed by atoms with Crippen molar-refractivity contribution < 1.29 is 9.90 Å². The molecule has 2 rings (SSSR count). The van der Waals surface area contributed by atoms with E-state index in [2.05, 4.69) is 24.1 Å². The summed E-state index contributed by atoms with van der Waals surface area (Å²) in [5, 5.41) is 12.7. The topological polar surface area (TPSA) is 52.6 Å². The van der Waals surface area contributed by atoms with E-state index in [-0.39, 0.29) is 5.56 Å². The zero-order valence-electron chi connectivity index (χ0n) is 10.4. The quantitative estimate of drug-likeness (QED) is 0.822. The number of thiocarbonyl (C=S) groups is 1. The highest BCUT2D eigenvalue weighted by Gasteiger charge is 2.21. The Morgan fingerprint density at radius 2 is 2.28 bits per heavy atom. The van der Waals surface area contributed by atoms with Gasteiger partial charge in [-0.05, 0) is 35.8 Å². The summed E-state index contributed by atoms with van der Waals surface area (Å²) in [6.07, 6.45) is 0. The van der Waals surface area contributed by atoms with Gasteiger partial charge in [0, 0.05) is 18.8 Å². The van der Waals surface area contributed by atoms with E-state index in [1.54, 1.807) is 12.1 Å². The first-order valence-corrected chi connectivity index (χ1v) is 6.30. The summed E-state index contributed by atoms with van der Waals surface area (Å²) in [5.74, 6) is -0.389. The normalized spacial score (nSPS) is 14.4. The second kappa shape index (κ2) is 4.94. The van der Waals surface area contributed by atoms with E-state index in [1.807, 2.05) is 6.07 Å². The molecule has 0 atom stereocenters. The molecule has 0 radical (unpaired) electrons. The third-order valence-electron chi connectivity index (χ3n) is 2.83. The number of carboxylic acids is 1. The Morgan fingerprint density at radius 3 is 2.89 bits per heavy atom. The molecule has 5 heteroatoms. The predicted octanol–water partition coefficient (Wildman–Crippen LogP) is 2.55. The minimum absolute atomic E-state index is 0.279. The van der Waals surface area contributed by atoms with Crippen molar-refractivity contribution in [1.29, 1.82) is 0 Å². The number of anilines is 1. The van der Waals surface area contributed by atoms with Crippen molar-refractivity contribution in [2.45, 2.75) is 20.4 Å². The van der Waals surface area contributed by atoms with Gasteiger partial charge in [0.2, 0.25) is 0 Å². The second-order valence-electron chi connectivity index (χ2n) is 4.88. The first-order valence-electron chi connectivity index (χ1n) is 5.89. The van der Waals surface area contributed by atoms with Crippen LogP contribution in [-0.4, -0.2) is 27.6 Å². The number of aromatic carboxylic acids is 1. The maximum atomic E-state index is 10.9. The van der Waals surface area contributed by atoms with Gasteiger partial charge in [0.25, 0.3) is 0 Å². The molecule has 0 unspecified atom stereocenters. The van der Waals surface area contributed by atoms with Crippen molar-refractivity contribution in [3.05, 3.63) is 29.3 Å². The lowest BCUT2D eigenvalue weighted by atomic mass is 10.1. The fourth-order valence-corrected chi connectivity index (χ4v) is 2.27. The highest BCUT2D eigenvalue weighted by Crippen LogP contribution is 2.25. The minimum atomic E-state index is -0.921. The average Bonchev–Trinajstić information content (AvgIpc) is 2.28. The van der Waals surface area contributed by atoms with Gasteiger partial charge in [-0.15, -0.1) is 0 Å². The number of rotatable bonds is 3. The Balaban J connectivity index is 2.25. The molecule has 0 saturated heterocycles. The van der Waals surface area contributed by atoms with Gasteiger partial charge in [0.1, 0.15) is 0 Å². The molecule has 0 amide bonds. The number of nitrogens with one attached hydrogen (secondary N) is 1. The molecule has 0 aliphatic carbocycles. The highest BCUT2D eigenvalue weighted by molar-refractivity contribution is 7.80. The lowest BCUT2D eigenvalue weighted by Crippen LogP contribution is -2.40. The standard InChI is InChI=1S/C13H16N2O2S/c1-8(2)6-15-7-10-4-3-9(12(16)17)5-11(10)14-13(15)18/h3-5,8H,6-7H2,1-2H3,(H,14,18)(H,16,17). The Kier molecular flexibility index (Phi) is 3.52. The molecule has 0 saturated carbocycles. The molecule has 1 aliphatic rings. The first kappa shape index (κ1) is 12.8. The molecule has 0 fully saturated rings. The molecule has 1 aliphatic heterocycles. The fraction of sp³-hybridized carbons (Fsp3) is 0.385. The van der Waals surface area contributed by atoms with Crippen molar-refractivity contribution in [2.75, 3.05) is 11.9 Å². The van der Waals surface area contributed by atoms with Crippen LogP contribution in [0.2, 0.25) is 0 Å². The van der Waals surface area contributed by atoms with Crippen LogP contribution in [0.1, 0.15) is 29.8 Å². The summed E-state index contributed by atoms with van der Waals surface area (Å²) in [6, 6.07) is 5.11. The minimum Gasteiger partial charge on any atom is -0.478 e. The van der Waals surface area contributed by atoms with Crippen LogP contribution in [0, 0.1) is 5.92 Å². The maximum absolute atomic E-state index is 10.9. The van der Waals surface area contributed by atoms with E-state index in [4.69, 9.17) is 17.3 Å². The summed E-state index contributed by atoms with van der Waals surface area (Å²) >= 11 is 5.30. The van der Waals surface area contributed by atoms with Gasteiger partial charge >= 0.3 is 5.97 Å². The Labute approximate surface area is 112 Å². The maximum Gasteiger partial charge on any atom is 0.335 e. The smallest absolute Gasteiger partial charge is 0.335 e. The zero-order chi connectivity index (χ0) is 13.3. The molecule has 0 bridgehead atoms. The molecule has 1 aromatic rings. The van der Waals surface area contributed by atoms with Gasteiger partial charge < -0.3 is 15.3 Å². The van der Waals surface area contributed by atoms with Crippen LogP contribution in [0.4, 0.5) is 5.69 Å². The molecule has 1 heterocycles. The van der Waals surface area contributed by atoms with Crippen LogP contribution in [0.15, 0.2) is 18.2 Å². The highest BCUT2D eigenvalue weighted by atomic mass is 32.1. The SMILES string of the molecule is CC(C)CN1Cc2ccc(C(=O)O)cc2NC1=S. The number of benzene rings is 1. The van der Waals surface area contributed by atoms with Crippen molar-refractivity contribution in [2.24, 2.45) is 5.92 Å². The molecule has 0 aromatic heterocycles. The van der Waals surface area contributed by atoms with E-state index in [0.29, 0.717) is 11.0 Å². The molecule has 0 spiro atoms. The lowest BCUT2D eigenvalue weighted by molar-refractivity contribution is 0.0697. The van der Waals surface area contributed by atoms with Gasteiger partial charge in [-0.2, -0.15) is 0 Å². The van der Waals surface area contributed by atoms with E-state index in [0.717, 1.165) is 24.3 Å². The van der Waals surface area contributed by atoms with Crippen LogP contribution in [0.25, 0.3) is 0 Å². The van der Waals surface area contributed by atoms with Gasteiger partial charge in [-0.25, -0.2) is 4.79 Å². The van der Waals surface area contributed by atoms with Crippen molar-refractivity contribution in [3.63, 3.8) is 0 Å². The number of carbonyl (C=O) groups is 1. The number of hydrogen-bond acceptors (Lipinski definition) is 2. The van der Waals surface area contributed by atoms with Gasteiger partial charge in [0.15, 0.2) is 5.11 Å². The molecule has 2 N–H and O–H groups in total. The zero-order valence-corrected chi connectivity index (χ0v) is 11.3. The first-order chi connectivity index (χ1) is 8.47. The van der Waals surface area contributed by atoms with Crippen molar-refractivity contribution >= 4 is 29.0 Å². The summed E-state index contributed by atoms with van der Waals surface area (Å²) in [4.78, 5) is 13.0. The van der Waals surface area contributed by atoms with Crippen molar-refractivity contribution in [3.8, 4) is 0 Å². The molecule has 4 nitrogen and oxygen atoms in total. The van der Waals surface area contributed by atoms with Crippen LogP contribution in [0.3, 0.4) is 0 Å². The van der Waals surface area contributed by atoms with Crippen LogP contribution >= 0.6 is 12.2 Å². The summed E-state index contributed by atoms with van der Waals surface area (Å²) < 4.78 is 0. The number of hydrogen-bond donors (Lipinski definition) is 2.